The van der Waals surface area contributed by atoms with Crippen molar-refractivity contribution in [1.82, 2.24) is 0 Å². The molecule has 1 saturated heterocycles. The summed E-state index contributed by atoms with van der Waals surface area (Å²) in [6, 6.07) is 6.87. The van der Waals surface area contributed by atoms with E-state index < -0.39 is 59.3 Å². The van der Waals surface area contributed by atoms with E-state index >= 15 is 0 Å². The summed E-state index contributed by atoms with van der Waals surface area (Å²) in [5, 5.41) is 36.6. The van der Waals surface area contributed by atoms with Crippen molar-refractivity contribution in [2.75, 3.05) is 12.4 Å². The first kappa shape index (κ1) is 35.9. The van der Waals surface area contributed by atoms with Crippen LogP contribution >= 0.6 is 0 Å². The maximum Gasteiger partial charge on any atom is 1.00 e. The number of anilines is 1. The van der Waals surface area contributed by atoms with E-state index in [1.54, 1.807) is 20.8 Å². The summed E-state index contributed by atoms with van der Waals surface area (Å²) < 4.78 is 27.8. The number of aromatic hydroxyl groups is 1. The second kappa shape index (κ2) is 14.2. The zero-order chi connectivity index (χ0) is 32.5. The molecule has 4 rings (SSSR count). The average Bonchev–Trinajstić information content (AvgIpc) is 2.94. The van der Waals surface area contributed by atoms with Gasteiger partial charge in [0.05, 0.1) is 11.0 Å². The van der Waals surface area contributed by atoms with Crippen molar-refractivity contribution in [3.8, 4) is 17.2 Å². The van der Waals surface area contributed by atoms with Gasteiger partial charge in [0.1, 0.15) is 17.4 Å². The monoisotopic (exact) mass is 634 g/mol. The van der Waals surface area contributed by atoms with Gasteiger partial charge in [0, 0.05) is 18.2 Å². The maximum atomic E-state index is 13.0. The van der Waals surface area contributed by atoms with Crippen LogP contribution in [0.2, 0.25) is 0 Å². The Hall–Kier alpha value is -3.59. The molecule has 14 heteroatoms. The van der Waals surface area contributed by atoms with Crippen LogP contribution in [0.4, 0.5) is 10.5 Å². The third kappa shape index (κ3) is 7.63. The molecule has 45 heavy (non-hydrogen) atoms. The van der Waals surface area contributed by atoms with Gasteiger partial charge in [0.2, 0.25) is 6.29 Å². The topological polar surface area (TPSA) is 203 Å². The van der Waals surface area contributed by atoms with Crippen molar-refractivity contribution >= 4 is 28.7 Å². The molecule has 1 aliphatic heterocycles. The first-order valence-electron chi connectivity index (χ1n) is 13.7. The number of methoxy groups -OCH3 is 1. The summed E-state index contributed by atoms with van der Waals surface area (Å²) in [5.41, 5.74) is 4.31. The van der Waals surface area contributed by atoms with Gasteiger partial charge in [-0.15, -0.1) is 5.75 Å². The Morgan fingerprint density at radius 1 is 1.20 bits per heavy atom. The quantitative estimate of drug-likeness (QED) is 0.148. The molecular formula is C31H35N2NaO11. The molecule has 2 amide bonds. The van der Waals surface area contributed by atoms with Crippen LogP contribution in [0, 0.1) is 6.92 Å². The molecule has 1 aromatic heterocycles. The minimum atomic E-state index is -1.52. The fourth-order valence-electron chi connectivity index (χ4n) is 5.05. The molecule has 0 bridgehead atoms. The molecule has 2 heterocycles. The number of benzene rings is 2. The van der Waals surface area contributed by atoms with Gasteiger partial charge in [0.25, 0.3) is 5.91 Å². The van der Waals surface area contributed by atoms with Gasteiger partial charge in [-0.2, -0.15) is 0 Å². The Kier molecular flexibility index (Phi) is 11.3. The van der Waals surface area contributed by atoms with E-state index in [9.17, 15) is 29.7 Å². The Morgan fingerprint density at radius 3 is 2.51 bits per heavy atom. The van der Waals surface area contributed by atoms with Crippen LogP contribution in [0.5, 0.6) is 17.2 Å². The molecule has 1 fully saturated rings. The summed E-state index contributed by atoms with van der Waals surface area (Å²) in [5.74, 6) is -1.38. The second-order valence-corrected chi connectivity index (χ2v) is 11.2. The third-order valence-electron chi connectivity index (χ3n) is 7.31. The fraction of sp³-hybridized carbons (Fsp3) is 0.387. The van der Waals surface area contributed by atoms with Crippen molar-refractivity contribution in [1.29, 1.82) is 0 Å². The van der Waals surface area contributed by atoms with Crippen LogP contribution in [0.15, 0.2) is 51.2 Å². The molecule has 3 aromatic rings. The predicted octanol–water partition coefficient (Wildman–Crippen LogP) is -0.000880. The van der Waals surface area contributed by atoms with Crippen molar-refractivity contribution in [2.24, 2.45) is 5.73 Å². The van der Waals surface area contributed by atoms with Crippen LogP contribution in [-0.2, 0) is 20.6 Å². The van der Waals surface area contributed by atoms with Crippen LogP contribution in [0.25, 0.3) is 11.0 Å². The summed E-state index contributed by atoms with van der Waals surface area (Å²) in [4.78, 5) is 37.5. The SMILES string of the molecule is CO[C@@H]1[C@@H](OC(N)=O)[C@H](O)[C@H](Oc2ccc3c(O)c(NC(=O)c4ccc([O-])c(CC=C(C)C)c4)c(=O)oc3c2C)OC1(C)C.[Na+]. The number of aliphatic hydroxyl groups is 1. The van der Waals surface area contributed by atoms with Gasteiger partial charge >= 0.3 is 41.3 Å². The number of aliphatic hydroxyl groups excluding tert-OH is 1. The van der Waals surface area contributed by atoms with Crippen LogP contribution in [0.1, 0.15) is 49.2 Å². The zero-order valence-electron chi connectivity index (χ0n) is 26.1. The smallest absolute Gasteiger partial charge is 0.872 e. The Morgan fingerprint density at radius 2 is 1.89 bits per heavy atom. The number of carbonyl (C=O) groups excluding carboxylic acids is 2. The van der Waals surface area contributed by atoms with Crippen molar-refractivity contribution < 1.29 is 77.8 Å². The van der Waals surface area contributed by atoms with Crippen molar-refractivity contribution in [3.05, 3.63) is 69.1 Å². The Bertz CT molecular complexity index is 1680. The van der Waals surface area contributed by atoms with E-state index in [2.05, 4.69) is 5.32 Å². The number of allylic oxidation sites excluding steroid dienone is 2. The number of aryl methyl sites for hydroxylation is 1. The number of rotatable bonds is 8. The average molecular weight is 635 g/mol. The van der Waals surface area contributed by atoms with E-state index in [1.807, 2.05) is 19.9 Å². The summed E-state index contributed by atoms with van der Waals surface area (Å²) in [6.07, 6.45) is -3.93. The third-order valence-corrected chi connectivity index (χ3v) is 7.31. The Balaban J connectivity index is 0.00000552. The van der Waals surface area contributed by atoms with Gasteiger partial charge in [0.15, 0.2) is 23.6 Å². The molecular weight excluding hydrogens is 599 g/mol. The summed E-state index contributed by atoms with van der Waals surface area (Å²) >= 11 is 0. The normalized spacial score (nSPS) is 20.5. The van der Waals surface area contributed by atoms with Gasteiger partial charge in [-0.1, -0.05) is 29.3 Å². The van der Waals surface area contributed by atoms with Crippen LogP contribution in [-0.4, -0.2) is 59.5 Å². The van der Waals surface area contributed by atoms with E-state index in [0.717, 1.165) is 5.57 Å². The standard InChI is InChI=1S/C31H36N2O11.Na/c1-14(2)7-8-16-13-17(9-11-19(16)34)27(37)33-21-22(35)18-10-12-20(15(3)24(18)42-28(21)38)41-29-23(36)25(43-30(32)39)26(40-6)31(4,5)44-29;/h7,9-13,23,25-26,29,34-36H,8H2,1-6H3,(H2,32,39)(H,33,37);/q;+1/p-1/t23-,25-,26+,29+;/m0./s1. The maximum absolute atomic E-state index is 13.0. The number of primary amides is 1. The molecule has 2 aromatic carbocycles. The van der Waals surface area contributed by atoms with E-state index in [-0.39, 0.29) is 63.2 Å². The number of carbonyl (C=O) groups is 2. The molecule has 5 N–H and O–H groups in total. The number of ether oxygens (including phenoxy) is 4. The second-order valence-electron chi connectivity index (χ2n) is 11.2. The van der Waals surface area contributed by atoms with E-state index in [1.165, 1.54) is 37.4 Å². The van der Waals surface area contributed by atoms with Crippen molar-refractivity contribution in [3.63, 3.8) is 0 Å². The number of hydrogen-bond donors (Lipinski definition) is 4. The molecule has 0 unspecified atom stereocenters. The van der Waals surface area contributed by atoms with Gasteiger partial charge in [-0.05, 0) is 59.2 Å². The molecule has 13 nitrogen and oxygen atoms in total. The number of amides is 2. The van der Waals surface area contributed by atoms with Crippen LogP contribution in [0.3, 0.4) is 0 Å². The van der Waals surface area contributed by atoms with Crippen LogP contribution < -0.4 is 56.1 Å². The zero-order valence-corrected chi connectivity index (χ0v) is 28.1. The fourth-order valence-corrected chi connectivity index (χ4v) is 5.05. The minimum Gasteiger partial charge on any atom is -0.872 e. The molecule has 236 valence electrons. The number of fused-ring (bicyclic) bond motifs is 1. The first-order chi connectivity index (χ1) is 20.6. The van der Waals surface area contributed by atoms with Gasteiger partial charge < -0.3 is 49.7 Å². The molecule has 0 aliphatic carbocycles. The Labute approximate surface area is 281 Å². The largest absolute Gasteiger partial charge is 1.00 e. The van der Waals surface area contributed by atoms with Crippen molar-refractivity contribution in [2.45, 2.75) is 71.2 Å². The minimum absolute atomic E-state index is 0. The van der Waals surface area contributed by atoms with E-state index in [0.29, 0.717) is 12.0 Å². The number of hydrogen-bond acceptors (Lipinski definition) is 11. The molecule has 0 radical (unpaired) electrons. The van der Waals surface area contributed by atoms with E-state index in [4.69, 9.17) is 29.1 Å². The molecule has 0 saturated carbocycles. The van der Waals surface area contributed by atoms with Gasteiger partial charge in [-0.3, -0.25) is 4.79 Å². The summed E-state index contributed by atoms with van der Waals surface area (Å²) in [7, 11) is 1.37. The first-order valence-corrected chi connectivity index (χ1v) is 13.7. The molecule has 0 spiro atoms. The number of nitrogens with two attached hydrogens (primary N) is 1. The predicted molar refractivity (Wildman–Crippen MR) is 157 cm³/mol. The molecule has 4 atom stereocenters. The van der Waals surface area contributed by atoms with Gasteiger partial charge in [-0.25, -0.2) is 9.59 Å². The number of nitrogens with one attached hydrogen (secondary N) is 1. The molecule has 1 aliphatic rings. The summed E-state index contributed by atoms with van der Waals surface area (Å²) in [6.45, 7) is 8.63.